The molecule has 6 heteroatoms. The van der Waals surface area contributed by atoms with Crippen molar-refractivity contribution in [3.8, 4) is 5.75 Å². The number of ether oxygens (including phenoxy) is 1. The van der Waals surface area contributed by atoms with E-state index in [2.05, 4.69) is 22.6 Å². The van der Waals surface area contributed by atoms with E-state index in [1.807, 2.05) is 37.4 Å². The van der Waals surface area contributed by atoms with Crippen molar-refractivity contribution in [2.45, 2.75) is 23.5 Å². The molecule has 1 N–H and O–H groups in total. The third kappa shape index (κ3) is 3.77. The highest BCUT2D eigenvalue weighted by atomic mass is 32.2. The monoisotopic (exact) mass is 324 g/mol. The van der Waals surface area contributed by atoms with Crippen molar-refractivity contribution in [1.82, 2.24) is 9.97 Å². The van der Waals surface area contributed by atoms with Crippen LogP contribution in [0.5, 0.6) is 5.75 Å². The van der Waals surface area contributed by atoms with Gasteiger partial charge in [-0.05, 0) is 30.9 Å². The average Bonchev–Trinajstić information content (AvgIpc) is 2.44. The minimum Gasteiger partial charge on any atom is -0.494 e. The lowest BCUT2D eigenvalue weighted by molar-refractivity contribution is 0.340. The standard InChI is InChI=1S/C14H16N2OS3/c1-3-17-10-6-4-9(5-7-10)8-11-12(18)15-14(20-2)16-13(11)19/h4-7H,3,8H2,1-2H3,(H2,15,16,18,19). The van der Waals surface area contributed by atoms with Gasteiger partial charge < -0.3 is 9.72 Å². The smallest absolute Gasteiger partial charge is 0.167 e. The van der Waals surface area contributed by atoms with Gasteiger partial charge in [-0.2, -0.15) is 0 Å². The summed E-state index contributed by atoms with van der Waals surface area (Å²) in [6.45, 7) is 2.64. The summed E-state index contributed by atoms with van der Waals surface area (Å²) in [6, 6.07) is 8.01. The van der Waals surface area contributed by atoms with Crippen molar-refractivity contribution < 1.29 is 4.74 Å². The molecule has 0 atom stereocenters. The van der Waals surface area contributed by atoms with Crippen LogP contribution in [0.2, 0.25) is 0 Å². The summed E-state index contributed by atoms with van der Waals surface area (Å²) >= 11 is 11.3. The van der Waals surface area contributed by atoms with E-state index in [1.165, 1.54) is 11.8 Å². The van der Waals surface area contributed by atoms with E-state index in [9.17, 15) is 0 Å². The first-order valence-electron chi connectivity index (χ1n) is 6.22. The second-order valence-electron chi connectivity index (χ2n) is 4.13. The zero-order valence-corrected chi connectivity index (χ0v) is 13.9. The largest absolute Gasteiger partial charge is 0.494 e. The first-order valence-corrected chi connectivity index (χ1v) is 8.30. The van der Waals surface area contributed by atoms with Gasteiger partial charge in [0.25, 0.3) is 0 Å². The van der Waals surface area contributed by atoms with E-state index in [4.69, 9.17) is 17.0 Å². The van der Waals surface area contributed by atoms with E-state index in [1.54, 1.807) is 0 Å². The molecule has 0 amide bonds. The molecule has 20 heavy (non-hydrogen) atoms. The molecule has 2 aromatic rings. The minimum atomic E-state index is 0.672. The van der Waals surface area contributed by atoms with Crippen molar-refractivity contribution in [3.05, 3.63) is 40.0 Å². The highest BCUT2D eigenvalue weighted by Crippen LogP contribution is 2.21. The Balaban J connectivity index is 2.23. The minimum absolute atomic E-state index is 0.672. The van der Waals surface area contributed by atoms with Gasteiger partial charge in [0, 0.05) is 12.0 Å². The van der Waals surface area contributed by atoms with Crippen LogP contribution in [0.15, 0.2) is 34.4 Å². The van der Waals surface area contributed by atoms with E-state index in [0.717, 1.165) is 22.0 Å². The summed E-state index contributed by atoms with van der Waals surface area (Å²) < 4.78 is 6.13. The fourth-order valence-corrected chi connectivity index (χ4v) is 2.95. The van der Waals surface area contributed by atoms with Gasteiger partial charge in [-0.25, -0.2) is 4.98 Å². The van der Waals surface area contributed by atoms with Crippen LogP contribution in [0.25, 0.3) is 0 Å². The molecule has 106 valence electrons. The van der Waals surface area contributed by atoms with E-state index in [0.29, 0.717) is 22.7 Å². The lowest BCUT2D eigenvalue weighted by atomic mass is 10.1. The fraction of sp³-hybridized carbons (Fsp3) is 0.286. The van der Waals surface area contributed by atoms with Crippen LogP contribution >= 0.6 is 36.6 Å². The lowest BCUT2D eigenvalue weighted by Gasteiger charge is -2.08. The number of aromatic nitrogens is 2. The van der Waals surface area contributed by atoms with Crippen LogP contribution in [-0.2, 0) is 6.42 Å². The normalized spacial score (nSPS) is 10.6. The Hall–Kier alpha value is -0.980. The maximum atomic E-state index is 5.43. The third-order valence-corrected chi connectivity index (χ3v) is 4.08. The maximum absolute atomic E-state index is 5.43. The second kappa shape index (κ2) is 7.15. The molecule has 0 bridgehead atoms. The van der Waals surface area contributed by atoms with Crippen LogP contribution < -0.4 is 4.74 Å². The molecule has 1 aromatic carbocycles. The van der Waals surface area contributed by atoms with Crippen LogP contribution in [0.3, 0.4) is 0 Å². The Kier molecular flexibility index (Phi) is 5.51. The van der Waals surface area contributed by atoms with Gasteiger partial charge in [0.05, 0.1) is 6.61 Å². The van der Waals surface area contributed by atoms with Gasteiger partial charge in [-0.15, -0.1) is 12.6 Å². The summed E-state index contributed by atoms with van der Waals surface area (Å²) in [5, 5.41) is 1.47. The molecule has 0 fully saturated rings. The number of hydrogen-bond acceptors (Lipinski definition) is 5. The number of nitrogens with zero attached hydrogens (tertiary/aromatic N) is 1. The van der Waals surface area contributed by atoms with Crippen LogP contribution in [0.1, 0.15) is 18.1 Å². The van der Waals surface area contributed by atoms with Gasteiger partial charge in [-0.3, -0.25) is 0 Å². The molecular formula is C14H16N2OS3. The Morgan fingerprint density at radius 1 is 1.35 bits per heavy atom. The summed E-state index contributed by atoms with van der Waals surface area (Å²) in [5.41, 5.74) is 2.10. The molecule has 0 aliphatic carbocycles. The van der Waals surface area contributed by atoms with Crippen LogP contribution in [0, 0.1) is 4.64 Å². The number of benzene rings is 1. The number of aromatic amines is 1. The molecule has 0 unspecified atom stereocenters. The molecule has 0 spiro atoms. The topological polar surface area (TPSA) is 37.9 Å². The van der Waals surface area contributed by atoms with Crippen molar-refractivity contribution in [2.24, 2.45) is 0 Å². The first-order chi connectivity index (χ1) is 9.63. The molecule has 2 rings (SSSR count). The molecule has 1 aromatic heterocycles. The van der Waals surface area contributed by atoms with Gasteiger partial charge in [0.1, 0.15) is 15.4 Å². The Labute approximate surface area is 133 Å². The van der Waals surface area contributed by atoms with Crippen molar-refractivity contribution >= 4 is 36.6 Å². The Morgan fingerprint density at radius 3 is 2.60 bits per heavy atom. The maximum Gasteiger partial charge on any atom is 0.167 e. The predicted molar refractivity (Wildman–Crippen MR) is 88.9 cm³/mol. The summed E-state index contributed by atoms with van der Waals surface area (Å²) in [5.74, 6) is 0.878. The Bertz CT molecular complexity index is 638. The molecule has 0 saturated carbocycles. The molecule has 0 aliphatic heterocycles. The number of rotatable bonds is 5. The van der Waals surface area contributed by atoms with Gasteiger partial charge in [0.15, 0.2) is 5.16 Å². The number of thiol groups is 1. The summed E-state index contributed by atoms with van der Waals surface area (Å²) in [4.78, 5) is 7.49. The predicted octanol–water partition coefficient (Wildman–Crippen LogP) is 4.14. The Morgan fingerprint density at radius 2 is 2.05 bits per heavy atom. The average molecular weight is 324 g/mol. The molecule has 0 aliphatic rings. The fourth-order valence-electron chi connectivity index (χ4n) is 1.80. The second-order valence-corrected chi connectivity index (χ2v) is 5.76. The van der Waals surface area contributed by atoms with Crippen molar-refractivity contribution in [3.63, 3.8) is 0 Å². The molecule has 0 saturated heterocycles. The molecule has 0 radical (unpaired) electrons. The van der Waals surface area contributed by atoms with Crippen molar-refractivity contribution in [1.29, 1.82) is 0 Å². The highest BCUT2D eigenvalue weighted by Gasteiger charge is 2.07. The number of H-pyrrole nitrogens is 1. The SMILES string of the molecule is CCOc1ccc(Cc2c(S)nc(SC)[nH]c2=S)cc1. The van der Waals surface area contributed by atoms with E-state index >= 15 is 0 Å². The van der Waals surface area contributed by atoms with Gasteiger partial charge in [0.2, 0.25) is 0 Å². The number of thioether (sulfide) groups is 1. The zero-order valence-electron chi connectivity index (χ0n) is 11.3. The first kappa shape index (κ1) is 15.4. The summed E-state index contributed by atoms with van der Waals surface area (Å²) in [6.07, 6.45) is 2.66. The molecule has 1 heterocycles. The van der Waals surface area contributed by atoms with Crippen LogP contribution in [-0.4, -0.2) is 22.8 Å². The van der Waals surface area contributed by atoms with Gasteiger partial charge >= 0.3 is 0 Å². The van der Waals surface area contributed by atoms with Gasteiger partial charge in [-0.1, -0.05) is 36.1 Å². The van der Waals surface area contributed by atoms with Crippen LogP contribution in [0.4, 0.5) is 0 Å². The third-order valence-electron chi connectivity index (χ3n) is 2.78. The zero-order chi connectivity index (χ0) is 14.5. The highest BCUT2D eigenvalue weighted by molar-refractivity contribution is 7.98. The number of hydrogen-bond donors (Lipinski definition) is 2. The van der Waals surface area contributed by atoms with E-state index < -0.39 is 0 Å². The molecule has 3 nitrogen and oxygen atoms in total. The summed E-state index contributed by atoms with van der Waals surface area (Å²) in [7, 11) is 0. The van der Waals surface area contributed by atoms with Crippen molar-refractivity contribution in [2.75, 3.05) is 12.9 Å². The lowest BCUT2D eigenvalue weighted by Crippen LogP contribution is -1.98. The van der Waals surface area contributed by atoms with E-state index in [-0.39, 0.29) is 0 Å². The number of nitrogens with one attached hydrogen (secondary N) is 1. The quantitative estimate of drug-likeness (QED) is 0.285. The molecular weight excluding hydrogens is 308 g/mol.